The standard InChI is InChI=1S/C10H10BrNO2/c1-3-10(13)12-8-5-4-7(11)6-9(8)14-2/h3-6H,1H2,2H3,(H,12,13). The fraction of sp³-hybridized carbons (Fsp3) is 0.100. The number of anilines is 1. The molecule has 0 unspecified atom stereocenters. The van der Waals surface area contributed by atoms with Crippen LogP contribution in [0.4, 0.5) is 5.69 Å². The second kappa shape index (κ2) is 4.81. The smallest absolute Gasteiger partial charge is 0.247 e. The number of benzene rings is 1. The van der Waals surface area contributed by atoms with Gasteiger partial charge in [-0.05, 0) is 24.3 Å². The van der Waals surface area contributed by atoms with E-state index in [-0.39, 0.29) is 5.91 Å². The van der Waals surface area contributed by atoms with Gasteiger partial charge in [0.25, 0.3) is 0 Å². The average molecular weight is 256 g/mol. The monoisotopic (exact) mass is 255 g/mol. The number of hydrogen-bond acceptors (Lipinski definition) is 2. The number of halogens is 1. The molecule has 74 valence electrons. The molecule has 0 atom stereocenters. The molecule has 0 aliphatic heterocycles. The van der Waals surface area contributed by atoms with Gasteiger partial charge >= 0.3 is 0 Å². The van der Waals surface area contributed by atoms with Gasteiger partial charge in [-0.3, -0.25) is 4.79 Å². The molecule has 1 rings (SSSR count). The number of rotatable bonds is 3. The summed E-state index contributed by atoms with van der Waals surface area (Å²) >= 11 is 3.31. The van der Waals surface area contributed by atoms with E-state index in [1.54, 1.807) is 19.2 Å². The Morgan fingerprint density at radius 1 is 1.64 bits per heavy atom. The highest BCUT2D eigenvalue weighted by molar-refractivity contribution is 9.10. The third-order valence-electron chi connectivity index (χ3n) is 1.61. The van der Waals surface area contributed by atoms with Crippen molar-refractivity contribution in [2.75, 3.05) is 12.4 Å². The van der Waals surface area contributed by atoms with E-state index in [1.807, 2.05) is 6.07 Å². The molecule has 0 aliphatic rings. The van der Waals surface area contributed by atoms with Crippen LogP contribution < -0.4 is 10.1 Å². The van der Waals surface area contributed by atoms with Crippen molar-refractivity contribution in [3.8, 4) is 5.75 Å². The second-order valence-corrected chi connectivity index (χ2v) is 3.45. The van der Waals surface area contributed by atoms with Crippen molar-refractivity contribution in [2.45, 2.75) is 0 Å². The third-order valence-corrected chi connectivity index (χ3v) is 2.10. The summed E-state index contributed by atoms with van der Waals surface area (Å²) in [5, 5.41) is 2.64. The van der Waals surface area contributed by atoms with Crippen molar-refractivity contribution in [1.29, 1.82) is 0 Å². The molecule has 0 fully saturated rings. The minimum absolute atomic E-state index is 0.259. The largest absolute Gasteiger partial charge is 0.495 e. The Morgan fingerprint density at radius 2 is 2.36 bits per heavy atom. The summed E-state index contributed by atoms with van der Waals surface area (Å²) in [5.41, 5.74) is 0.626. The maximum absolute atomic E-state index is 11.0. The molecule has 4 heteroatoms. The van der Waals surface area contributed by atoms with Crippen molar-refractivity contribution in [2.24, 2.45) is 0 Å². The number of carbonyl (C=O) groups is 1. The zero-order valence-electron chi connectivity index (χ0n) is 7.71. The fourth-order valence-corrected chi connectivity index (χ4v) is 1.29. The Balaban J connectivity index is 2.96. The lowest BCUT2D eigenvalue weighted by Crippen LogP contribution is -2.08. The summed E-state index contributed by atoms with van der Waals surface area (Å²) in [4.78, 5) is 11.0. The molecule has 1 N–H and O–H groups in total. The van der Waals surface area contributed by atoms with Crippen LogP contribution in [0.25, 0.3) is 0 Å². The van der Waals surface area contributed by atoms with E-state index >= 15 is 0 Å². The molecule has 1 aromatic carbocycles. The summed E-state index contributed by atoms with van der Waals surface area (Å²) in [7, 11) is 1.55. The van der Waals surface area contributed by atoms with Gasteiger partial charge < -0.3 is 10.1 Å². The van der Waals surface area contributed by atoms with Gasteiger partial charge in [0.1, 0.15) is 5.75 Å². The average Bonchev–Trinajstić information content (AvgIpc) is 2.20. The normalized spacial score (nSPS) is 9.29. The predicted octanol–water partition coefficient (Wildman–Crippen LogP) is 2.58. The first-order valence-corrected chi connectivity index (χ1v) is 4.73. The number of methoxy groups -OCH3 is 1. The Labute approximate surface area is 90.9 Å². The van der Waals surface area contributed by atoms with E-state index in [9.17, 15) is 4.79 Å². The van der Waals surface area contributed by atoms with Crippen LogP contribution in [0.15, 0.2) is 35.3 Å². The first-order valence-electron chi connectivity index (χ1n) is 3.94. The van der Waals surface area contributed by atoms with Crippen LogP contribution in [0.3, 0.4) is 0 Å². The van der Waals surface area contributed by atoms with Gasteiger partial charge in [0, 0.05) is 4.47 Å². The van der Waals surface area contributed by atoms with E-state index < -0.39 is 0 Å². The maximum Gasteiger partial charge on any atom is 0.247 e. The Bertz CT molecular complexity index is 363. The number of carbonyl (C=O) groups excluding carboxylic acids is 1. The topological polar surface area (TPSA) is 38.3 Å². The first kappa shape index (κ1) is 10.8. The van der Waals surface area contributed by atoms with Gasteiger partial charge in [-0.25, -0.2) is 0 Å². The number of hydrogen-bond donors (Lipinski definition) is 1. The summed E-state index contributed by atoms with van der Waals surface area (Å²) in [5.74, 6) is 0.347. The second-order valence-electron chi connectivity index (χ2n) is 2.54. The van der Waals surface area contributed by atoms with Crippen molar-refractivity contribution < 1.29 is 9.53 Å². The van der Waals surface area contributed by atoms with Crippen molar-refractivity contribution in [3.05, 3.63) is 35.3 Å². The highest BCUT2D eigenvalue weighted by atomic mass is 79.9. The molecule has 0 aliphatic carbocycles. The number of amides is 1. The van der Waals surface area contributed by atoms with Crippen LogP contribution in [-0.4, -0.2) is 13.0 Å². The zero-order valence-corrected chi connectivity index (χ0v) is 9.30. The van der Waals surface area contributed by atoms with Crippen LogP contribution in [0.2, 0.25) is 0 Å². The van der Waals surface area contributed by atoms with Crippen molar-refractivity contribution >= 4 is 27.5 Å². The third kappa shape index (κ3) is 2.60. The van der Waals surface area contributed by atoms with Crippen LogP contribution in [0.1, 0.15) is 0 Å². The lowest BCUT2D eigenvalue weighted by molar-refractivity contribution is -0.111. The molecule has 14 heavy (non-hydrogen) atoms. The van der Waals surface area contributed by atoms with Gasteiger partial charge in [-0.1, -0.05) is 22.5 Å². The molecular weight excluding hydrogens is 246 g/mol. The summed E-state index contributed by atoms with van der Waals surface area (Å²) in [6.45, 7) is 3.37. The van der Waals surface area contributed by atoms with E-state index in [1.165, 1.54) is 6.08 Å². The summed E-state index contributed by atoms with van der Waals surface area (Å²) < 4.78 is 5.99. The molecule has 0 radical (unpaired) electrons. The Morgan fingerprint density at radius 3 is 2.93 bits per heavy atom. The molecule has 0 saturated carbocycles. The van der Waals surface area contributed by atoms with Crippen molar-refractivity contribution in [3.63, 3.8) is 0 Å². The lowest BCUT2D eigenvalue weighted by atomic mass is 10.3. The fourth-order valence-electron chi connectivity index (χ4n) is 0.952. The summed E-state index contributed by atoms with van der Waals surface area (Å²) in [6.07, 6.45) is 1.21. The molecule has 0 aromatic heterocycles. The highest BCUT2D eigenvalue weighted by Gasteiger charge is 2.04. The molecule has 1 amide bonds. The van der Waals surface area contributed by atoms with E-state index in [0.717, 1.165) is 4.47 Å². The molecule has 0 saturated heterocycles. The first-order chi connectivity index (χ1) is 6.67. The number of nitrogens with one attached hydrogen (secondary N) is 1. The minimum Gasteiger partial charge on any atom is -0.495 e. The van der Waals surface area contributed by atoms with Gasteiger partial charge in [-0.2, -0.15) is 0 Å². The molecule has 1 aromatic rings. The summed E-state index contributed by atoms with van der Waals surface area (Å²) in [6, 6.07) is 5.35. The predicted molar refractivity (Wildman–Crippen MR) is 59.5 cm³/mol. The van der Waals surface area contributed by atoms with Crippen LogP contribution >= 0.6 is 15.9 Å². The van der Waals surface area contributed by atoms with Gasteiger partial charge in [0.15, 0.2) is 0 Å². The van der Waals surface area contributed by atoms with E-state index in [4.69, 9.17) is 4.74 Å². The van der Waals surface area contributed by atoms with Gasteiger partial charge in [-0.15, -0.1) is 0 Å². The molecule has 0 bridgehead atoms. The van der Waals surface area contributed by atoms with Crippen LogP contribution in [0.5, 0.6) is 5.75 Å². The molecule has 3 nitrogen and oxygen atoms in total. The van der Waals surface area contributed by atoms with Crippen LogP contribution in [-0.2, 0) is 4.79 Å². The molecule has 0 spiro atoms. The van der Waals surface area contributed by atoms with E-state index in [2.05, 4.69) is 27.8 Å². The SMILES string of the molecule is C=CC(=O)Nc1ccc(Br)cc1OC. The molecule has 0 heterocycles. The lowest BCUT2D eigenvalue weighted by Gasteiger charge is -2.08. The molecular formula is C10H10BrNO2. The van der Waals surface area contributed by atoms with E-state index in [0.29, 0.717) is 11.4 Å². The van der Waals surface area contributed by atoms with Gasteiger partial charge in [0.05, 0.1) is 12.8 Å². The quantitative estimate of drug-likeness (QED) is 0.844. The highest BCUT2D eigenvalue weighted by Crippen LogP contribution is 2.27. The van der Waals surface area contributed by atoms with Crippen molar-refractivity contribution in [1.82, 2.24) is 0 Å². The zero-order chi connectivity index (χ0) is 10.6. The van der Waals surface area contributed by atoms with Gasteiger partial charge in [0.2, 0.25) is 5.91 Å². The Kier molecular flexibility index (Phi) is 3.71. The van der Waals surface area contributed by atoms with Crippen LogP contribution in [0, 0.1) is 0 Å². The number of ether oxygens (including phenoxy) is 1. The Hall–Kier alpha value is -1.29. The maximum atomic E-state index is 11.0. The minimum atomic E-state index is -0.259.